The monoisotopic (exact) mass is 806 g/mol. The number of nitrogens with one attached hydrogen (secondary N) is 2. The zero-order valence-electron chi connectivity index (χ0n) is 32.6. The number of piperidine rings is 2. The van der Waals surface area contributed by atoms with Gasteiger partial charge in [0, 0.05) is 66.5 Å². The number of aromatic amines is 2. The zero-order chi connectivity index (χ0) is 41.7. The first kappa shape index (κ1) is 40.8. The Labute approximate surface area is 339 Å². The van der Waals surface area contributed by atoms with Crippen LogP contribution in [0, 0.1) is 11.8 Å². The van der Waals surface area contributed by atoms with Gasteiger partial charge in [-0.05, 0) is 85.8 Å². The SMILES string of the molecule is COc1cc2[nH]cc(C(=O)O)c2cc1C(=O)N1CCC(Cc2ccccc2)CC1.O=C(c1ccc2[nH]cc(C(=O)C(F)(F)F)c2c1)N1CCC(Cc2ccccc2)CC1. The molecule has 2 aliphatic rings. The van der Waals surface area contributed by atoms with Crippen molar-refractivity contribution in [2.75, 3.05) is 33.3 Å². The van der Waals surface area contributed by atoms with Crippen molar-refractivity contribution in [2.45, 2.75) is 44.7 Å². The van der Waals surface area contributed by atoms with Gasteiger partial charge in [0.25, 0.3) is 17.6 Å². The molecule has 0 radical (unpaired) electrons. The van der Waals surface area contributed by atoms with Gasteiger partial charge >= 0.3 is 12.1 Å². The molecule has 2 fully saturated rings. The highest BCUT2D eigenvalue weighted by atomic mass is 19.4. The van der Waals surface area contributed by atoms with Crippen LogP contribution in [0.2, 0.25) is 0 Å². The molecule has 8 rings (SSSR count). The molecule has 0 aliphatic carbocycles. The molecule has 0 bridgehead atoms. The van der Waals surface area contributed by atoms with Crippen LogP contribution in [0.25, 0.3) is 21.8 Å². The van der Waals surface area contributed by atoms with Crippen molar-refractivity contribution in [1.82, 2.24) is 19.8 Å². The zero-order valence-corrected chi connectivity index (χ0v) is 32.6. The Kier molecular flexibility index (Phi) is 12.2. The third kappa shape index (κ3) is 9.35. The van der Waals surface area contributed by atoms with Gasteiger partial charge < -0.3 is 29.6 Å². The van der Waals surface area contributed by atoms with E-state index in [4.69, 9.17) is 4.74 Å². The second kappa shape index (κ2) is 17.6. The van der Waals surface area contributed by atoms with E-state index in [2.05, 4.69) is 46.4 Å². The highest BCUT2D eigenvalue weighted by Gasteiger charge is 2.40. The number of aromatic nitrogens is 2. The van der Waals surface area contributed by atoms with Crippen molar-refractivity contribution in [2.24, 2.45) is 11.8 Å². The number of hydrogen-bond donors (Lipinski definition) is 3. The summed E-state index contributed by atoms with van der Waals surface area (Å²) in [5.41, 5.74) is 4.02. The molecular formula is C46H45F3N4O6. The summed E-state index contributed by atoms with van der Waals surface area (Å²) in [6.45, 7) is 2.60. The first-order chi connectivity index (χ1) is 28.4. The normalized spacial score (nSPS) is 15.2. The molecule has 2 aromatic heterocycles. The van der Waals surface area contributed by atoms with Crippen LogP contribution < -0.4 is 4.74 Å². The molecule has 0 unspecified atom stereocenters. The number of carboxylic acids is 1. The van der Waals surface area contributed by atoms with Gasteiger partial charge in [0.2, 0.25) is 0 Å². The number of amides is 2. The summed E-state index contributed by atoms with van der Waals surface area (Å²) in [5.74, 6) is -1.76. The molecule has 2 amide bonds. The average molecular weight is 807 g/mol. The number of fused-ring (bicyclic) bond motifs is 2. The molecule has 3 N–H and O–H groups in total. The van der Waals surface area contributed by atoms with Gasteiger partial charge in [-0.25, -0.2) is 4.79 Å². The standard InChI is InChI=1S/C23H21F3N2O2.C23H24N2O4/c24-23(25,26)21(29)19-14-27-20-7-6-17(13-18(19)20)22(30)28-10-8-16(9-11-28)12-15-4-2-1-3-5-15;1-29-21-13-20-17(19(14-24-20)23(27)28)12-18(21)22(26)25-9-7-16(8-10-25)11-15-5-3-2-4-6-15/h1-7,13-14,16,27H,8-12H2;2-6,12-14,16,24H,7-11H2,1H3,(H,27,28). The van der Waals surface area contributed by atoms with Gasteiger partial charge in [0.05, 0.1) is 29.3 Å². The van der Waals surface area contributed by atoms with Gasteiger partial charge in [0.15, 0.2) is 0 Å². The molecule has 6 aromatic rings. The van der Waals surface area contributed by atoms with Crippen molar-refractivity contribution >= 4 is 45.4 Å². The Balaban J connectivity index is 0.000000179. The van der Waals surface area contributed by atoms with Crippen LogP contribution >= 0.6 is 0 Å². The van der Waals surface area contributed by atoms with Crippen molar-refractivity contribution in [1.29, 1.82) is 0 Å². The molecule has 59 heavy (non-hydrogen) atoms. The molecule has 4 heterocycles. The van der Waals surface area contributed by atoms with E-state index in [1.54, 1.807) is 23.1 Å². The predicted molar refractivity (Wildman–Crippen MR) is 218 cm³/mol. The van der Waals surface area contributed by atoms with Crippen molar-refractivity contribution in [3.05, 3.63) is 137 Å². The average Bonchev–Trinajstić information content (AvgIpc) is 3.87. The molecule has 0 atom stereocenters. The number of methoxy groups -OCH3 is 1. The lowest BCUT2D eigenvalue weighted by atomic mass is 9.90. The summed E-state index contributed by atoms with van der Waals surface area (Å²) in [4.78, 5) is 58.4. The Morgan fingerprint density at radius 2 is 1.17 bits per heavy atom. The molecular weight excluding hydrogens is 762 g/mol. The molecule has 10 nitrogen and oxygen atoms in total. The van der Waals surface area contributed by atoms with Crippen molar-refractivity contribution in [3.63, 3.8) is 0 Å². The summed E-state index contributed by atoms with van der Waals surface area (Å²) >= 11 is 0. The Bertz CT molecular complexity index is 2450. The fourth-order valence-corrected chi connectivity index (χ4v) is 8.19. The second-order valence-corrected chi connectivity index (χ2v) is 15.2. The first-order valence-corrected chi connectivity index (χ1v) is 19.7. The van der Waals surface area contributed by atoms with Crippen molar-refractivity contribution in [3.8, 4) is 5.75 Å². The van der Waals surface area contributed by atoms with Gasteiger partial charge in [-0.2, -0.15) is 13.2 Å². The number of alkyl halides is 3. The number of carbonyl (C=O) groups is 4. The molecule has 0 saturated carbocycles. The number of halogens is 3. The van der Waals surface area contributed by atoms with E-state index >= 15 is 0 Å². The van der Waals surface area contributed by atoms with Crippen LogP contribution in [0.4, 0.5) is 13.2 Å². The molecule has 306 valence electrons. The number of Topliss-reactive ketones (excluding diaryl/α,β-unsaturated/α-hetero) is 1. The lowest BCUT2D eigenvalue weighted by molar-refractivity contribution is -0.0884. The van der Waals surface area contributed by atoms with Crippen LogP contribution in [-0.4, -0.2) is 87.9 Å². The molecule has 2 saturated heterocycles. The number of benzene rings is 4. The predicted octanol–water partition coefficient (Wildman–Crippen LogP) is 8.98. The maximum absolute atomic E-state index is 13.2. The largest absolute Gasteiger partial charge is 0.496 e. The number of rotatable bonds is 9. The number of ether oxygens (including phenoxy) is 1. The maximum atomic E-state index is 13.2. The summed E-state index contributed by atoms with van der Waals surface area (Å²) in [7, 11) is 1.52. The van der Waals surface area contributed by atoms with E-state index in [9.17, 15) is 37.5 Å². The lowest BCUT2D eigenvalue weighted by Crippen LogP contribution is -2.39. The summed E-state index contributed by atoms with van der Waals surface area (Å²) in [5, 5.41) is 10.0. The van der Waals surface area contributed by atoms with Gasteiger partial charge in [-0.1, -0.05) is 60.7 Å². The molecule has 13 heteroatoms. The fourth-order valence-electron chi connectivity index (χ4n) is 8.19. The second-order valence-electron chi connectivity index (χ2n) is 15.2. The number of ketones is 1. The third-order valence-corrected chi connectivity index (χ3v) is 11.4. The van der Waals surface area contributed by atoms with Crippen LogP contribution in [0.5, 0.6) is 5.75 Å². The van der Waals surface area contributed by atoms with Crippen LogP contribution in [-0.2, 0) is 12.8 Å². The van der Waals surface area contributed by atoms with Crippen LogP contribution in [0.15, 0.2) is 103 Å². The number of H-pyrrole nitrogens is 2. The number of carbonyl (C=O) groups excluding carboxylic acids is 3. The Morgan fingerprint density at radius 3 is 1.69 bits per heavy atom. The Morgan fingerprint density at radius 1 is 0.661 bits per heavy atom. The Hall–Kier alpha value is -6.37. The van der Waals surface area contributed by atoms with E-state index < -0.39 is 23.5 Å². The topological polar surface area (TPSA) is 136 Å². The van der Waals surface area contributed by atoms with Crippen LogP contribution in [0.3, 0.4) is 0 Å². The van der Waals surface area contributed by atoms with Crippen molar-refractivity contribution < 1.29 is 42.2 Å². The summed E-state index contributed by atoms with van der Waals surface area (Å²) < 4.78 is 44.0. The molecule has 4 aromatic carbocycles. The number of hydrogen-bond acceptors (Lipinski definition) is 5. The number of carboxylic acid groups (broad SMARTS) is 1. The van der Waals surface area contributed by atoms with E-state index in [1.165, 1.54) is 36.6 Å². The number of aromatic carboxylic acids is 1. The van der Waals surface area contributed by atoms with Gasteiger partial charge in [-0.15, -0.1) is 0 Å². The lowest BCUT2D eigenvalue weighted by Gasteiger charge is -2.32. The minimum absolute atomic E-state index is 0.112. The number of likely N-dealkylation sites (tertiary alicyclic amines) is 2. The number of nitrogens with zero attached hydrogens (tertiary/aromatic N) is 2. The summed E-state index contributed by atoms with van der Waals surface area (Å²) in [6.07, 6.45) is 3.20. The smallest absolute Gasteiger partial charge is 0.454 e. The third-order valence-electron chi connectivity index (χ3n) is 11.4. The van der Waals surface area contributed by atoms with E-state index in [0.29, 0.717) is 71.3 Å². The highest BCUT2D eigenvalue weighted by Crippen LogP contribution is 2.32. The molecule has 0 spiro atoms. The first-order valence-electron chi connectivity index (χ1n) is 19.7. The summed E-state index contributed by atoms with van der Waals surface area (Å²) in [6, 6.07) is 28.5. The van der Waals surface area contributed by atoms with E-state index in [-0.39, 0.29) is 22.8 Å². The van der Waals surface area contributed by atoms with Gasteiger partial charge in [-0.3, -0.25) is 14.4 Å². The van der Waals surface area contributed by atoms with Crippen LogP contribution in [0.1, 0.15) is 78.2 Å². The molecule has 2 aliphatic heterocycles. The highest BCUT2D eigenvalue weighted by molar-refractivity contribution is 6.12. The minimum atomic E-state index is -4.96. The fraction of sp³-hybridized carbons (Fsp3) is 0.304. The van der Waals surface area contributed by atoms with E-state index in [1.807, 2.05) is 29.2 Å². The van der Waals surface area contributed by atoms with Gasteiger partial charge in [0.1, 0.15) is 5.75 Å². The maximum Gasteiger partial charge on any atom is 0.454 e. The minimum Gasteiger partial charge on any atom is -0.496 e. The van der Waals surface area contributed by atoms with E-state index in [0.717, 1.165) is 44.7 Å². The quantitative estimate of drug-likeness (QED) is 0.125.